The van der Waals surface area contributed by atoms with Gasteiger partial charge in [-0.1, -0.05) is 25.5 Å². The number of nitrogens with one attached hydrogen (secondary N) is 1. The van der Waals surface area contributed by atoms with Crippen LogP contribution in [0.4, 0.5) is 4.39 Å². The van der Waals surface area contributed by atoms with Gasteiger partial charge >= 0.3 is 0 Å². The SMILES string of the molecule is CCCc1nc(COc2ccccc2F)sc1CNC. The van der Waals surface area contributed by atoms with Crippen LogP contribution in [0.3, 0.4) is 0 Å². The van der Waals surface area contributed by atoms with Gasteiger partial charge in [-0.3, -0.25) is 0 Å². The van der Waals surface area contributed by atoms with Crippen molar-refractivity contribution < 1.29 is 9.13 Å². The second kappa shape index (κ2) is 7.36. The Bertz CT molecular complexity index is 533. The molecule has 0 radical (unpaired) electrons. The number of benzene rings is 1. The third-order valence-corrected chi connectivity index (χ3v) is 3.91. The Balaban J connectivity index is 2.06. The van der Waals surface area contributed by atoms with Gasteiger partial charge in [-0.05, 0) is 25.6 Å². The molecule has 3 nitrogen and oxygen atoms in total. The first-order chi connectivity index (χ1) is 9.74. The van der Waals surface area contributed by atoms with Crippen LogP contribution in [-0.4, -0.2) is 12.0 Å². The highest BCUT2D eigenvalue weighted by molar-refractivity contribution is 7.11. The number of ether oxygens (including phenoxy) is 1. The lowest BCUT2D eigenvalue weighted by atomic mass is 10.2. The molecule has 1 aromatic heterocycles. The summed E-state index contributed by atoms with van der Waals surface area (Å²) in [6.45, 7) is 3.26. The van der Waals surface area contributed by atoms with Crippen molar-refractivity contribution in [3.8, 4) is 5.75 Å². The van der Waals surface area contributed by atoms with Crippen molar-refractivity contribution in [3.05, 3.63) is 45.7 Å². The van der Waals surface area contributed by atoms with Crippen molar-refractivity contribution in [3.63, 3.8) is 0 Å². The first-order valence-electron chi connectivity index (χ1n) is 6.74. The summed E-state index contributed by atoms with van der Waals surface area (Å²) in [7, 11) is 1.92. The molecular weight excluding hydrogens is 275 g/mol. The fourth-order valence-corrected chi connectivity index (χ4v) is 2.97. The van der Waals surface area contributed by atoms with E-state index in [1.165, 1.54) is 10.9 Å². The van der Waals surface area contributed by atoms with E-state index >= 15 is 0 Å². The third-order valence-electron chi connectivity index (χ3n) is 2.83. The quantitative estimate of drug-likeness (QED) is 0.848. The van der Waals surface area contributed by atoms with Crippen LogP contribution in [0.15, 0.2) is 24.3 Å². The highest BCUT2D eigenvalue weighted by Gasteiger charge is 2.11. The molecule has 2 aromatic rings. The smallest absolute Gasteiger partial charge is 0.165 e. The highest BCUT2D eigenvalue weighted by atomic mass is 32.1. The van der Waals surface area contributed by atoms with Crippen LogP contribution in [-0.2, 0) is 19.6 Å². The van der Waals surface area contributed by atoms with E-state index in [2.05, 4.69) is 17.2 Å². The molecule has 0 amide bonds. The number of hydrogen-bond acceptors (Lipinski definition) is 4. The Morgan fingerprint density at radius 3 is 2.85 bits per heavy atom. The van der Waals surface area contributed by atoms with Crippen LogP contribution in [0.25, 0.3) is 0 Å². The van der Waals surface area contributed by atoms with Crippen LogP contribution in [0.1, 0.15) is 28.9 Å². The minimum Gasteiger partial charge on any atom is -0.483 e. The Labute approximate surface area is 122 Å². The molecule has 0 aliphatic rings. The lowest BCUT2D eigenvalue weighted by Gasteiger charge is -2.04. The Hall–Kier alpha value is -1.46. The van der Waals surface area contributed by atoms with Gasteiger partial charge in [0.05, 0.1) is 5.69 Å². The standard InChI is InChI=1S/C15H19FN2OS/c1-3-6-12-14(9-17-2)20-15(18-12)10-19-13-8-5-4-7-11(13)16/h4-5,7-8,17H,3,6,9-10H2,1-2H3. The molecule has 1 aromatic carbocycles. The summed E-state index contributed by atoms with van der Waals surface area (Å²) >= 11 is 1.63. The maximum atomic E-state index is 13.5. The van der Waals surface area contributed by atoms with Crippen molar-refractivity contribution in [2.24, 2.45) is 0 Å². The van der Waals surface area contributed by atoms with Crippen LogP contribution >= 0.6 is 11.3 Å². The summed E-state index contributed by atoms with van der Waals surface area (Å²) in [6.07, 6.45) is 2.03. The van der Waals surface area contributed by atoms with Gasteiger partial charge in [-0.2, -0.15) is 0 Å². The van der Waals surface area contributed by atoms with E-state index in [4.69, 9.17) is 4.74 Å². The molecule has 0 bridgehead atoms. The molecule has 5 heteroatoms. The van der Waals surface area contributed by atoms with Crippen molar-refractivity contribution in [2.75, 3.05) is 7.05 Å². The number of halogens is 1. The van der Waals surface area contributed by atoms with Gasteiger partial charge in [0.25, 0.3) is 0 Å². The fourth-order valence-electron chi connectivity index (χ4n) is 1.93. The van der Waals surface area contributed by atoms with Gasteiger partial charge in [0.1, 0.15) is 11.6 Å². The molecule has 20 heavy (non-hydrogen) atoms. The maximum Gasteiger partial charge on any atom is 0.165 e. The predicted octanol–water partition coefficient (Wildman–Crippen LogP) is 3.53. The molecule has 2 rings (SSSR count). The molecular formula is C15H19FN2OS. The number of rotatable bonds is 7. The zero-order valence-electron chi connectivity index (χ0n) is 11.8. The first kappa shape index (κ1) is 14.9. The van der Waals surface area contributed by atoms with E-state index in [0.717, 1.165) is 30.1 Å². The second-order valence-corrected chi connectivity index (χ2v) is 5.65. The topological polar surface area (TPSA) is 34.1 Å². The van der Waals surface area contributed by atoms with Crippen molar-refractivity contribution >= 4 is 11.3 Å². The summed E-state index contributed by atoms with van der Waals surface area (Å²) in [5.74, 6) is -0.0665. The Morgan fingerprint density at radius 1 is 1.35 bits per heavy atom. The van der Waals surface area contributed by atoms with Gasteiger partial charge in [-0.25, -0.2) is 9.37 Å². The molecule has 0 saturated heterocycles. The fraction of sp³-hybridized carbons (Fsp3) is 0.400. The van der Waals surface area contributed by atoms with Crippen molar-refractivity contribution in [1.29, 1.82) is 0 Å². The molecule has 1 heterocycles. The van der Waals surface area contributed by atoms with Crippen LogP contribution in [0.5, 0.6) is 5.75 Å². The van der Waals surface area contributed by atoms with Crippen LogP contribution < -0.4 is 10.1 Å². The number of para-hydroxylation sites is 1. The summed E-state index contributed by atoms with van der Waals surface area (Å²) in [5, 5.41) is 4.04. The summed E-state index contributed by atoms with van der Waals surface area (Å²) in [4.78, 5) is 5.83. The van der Waals surface area contributed by atoms with Crippen LogP contribution in [0.2, 0.25) is 0 Å². The summed E-state index contributed by atoms with van der Waals surface area (Å²) in [5.41, 5.74) is 1.12. The van der Waals surface area contributed by atoms with E-state index in [1.807, 2.05) is 7.05 Å². The van der Waals surface area contributed by atoms with E-state index in [-0.39, 0.29) is 11.6 Å². The maximum absolute atomic E-state index is 13.5. The lowest BCUT2D eigenvalue weighted by Crippen LogP contribution is -2.05. The minimum absolute atomic E-state index is 0.273. The molecule has 0 atom stereocenters. The van der Waals surface area contributed by atoms with E-state index in [9.17, 15) is 4.39 Å². The predicted molar refractivity (Wildman–Crippen MR) is 79.6 cm³/mol. The number of thiazole rings is 1. The first-order valence-corrected chi connectivity index (χ1v) is 7.55. The van der Waals surface area contributed by atoms with Crippen molar-refractivity contribution in [2.45, 2.75) is 32.9 Å². The third kappa shape index (κ3) is 3.77. The number of aryl methyl sites for hydroxylation is 1. The average Bonchev–Trinajstić information content (AvgIpc) is 2.81. The van der Waals surface area contributed by atoms with Gasteiger partial charge in [0, 0.05) is 11.4 Å². The molecule has 0 fully saturated rings. The average molecular weight is 294 g/mol. The molecule has 0 aliphatic carbocycles. The largest absolute Gasteiger partial charge is 0.483 e. The second-order valence-electron chi connectivity index (χ2n) is 4.48. The van der Waals surface area contributed by atoms with E-state index in [1.54, 1.807) is 29.5 Å². The van der Waals surface area contributed by atoms with Crippen LogP contribution in [0, 0.1) is 5.82 Å². The highest BCUT2D eigenvalue weighted by Crippen LogP contribution is 2.23. The Morgan fingerprint density at radius 2 is 2.15 bits per heavy atom. The number of hydrogen-bond donors (Lipinski definition) is 1. The summed E-state index contributed by atoms with van der Waals surface area (Å²) in [6, 6.07) is 6.43. The zero-order chi connectivity index (χ0) is 14.4. The molecule has 0 spiro atoms. The number of nitrogens with zero attached hydrogens (tertiary/aromatic N) is 1. The lowest BCUT2D eigenvalue weighted by molar-refractivity contribution is 0.289. The van der Waals surface area contributed by atoms with Gasteiger partial charge in [-0.15, -0.1) is 11.3 Å². The molecule has 0 aliphatic heterocycles. The van der Waals surface area contributed by atoms with Gasteiger partial charge in [0.15, 0.2) is 11.6 Å². The van der Waals surface area contributed by atoms with E-state index in [0.29, 0.717) is 6.61 Å². The number of aromatic nitrogens is 1. The van der Waals surface area contributed by atoms with Gasteiger partial charge < -0.3 is 10.1 Å². The van der Waals surface area contributed by atoms with Crippen molar-refractivity contribution in [1.82, 2.24) is 10.3 Å². The normalized spacial score (nSPS) is 10.8. The monoisotopic (exact) mass is 294 g/mol. The molecule has 1 N–H and O–H groups in total. The summed E-state index contributed by atoms with van der Waals surface area (Å²) < 4.78 is 19.0. The van der Waals surface area contributed by atoms with E-state index < -0.39 is 0 Å². The molecule has 0 saturated carbocycles. The van der Waals surface area contributed by atoms with Gasteiger partial charge in [0.2, 0.25) is 0 Å². The minimum atomic E-state index is -0.340. The molecule has 108 valence electrons. The Kier molecular flexibility index (Phi) is 5.49. The molecule has 0 unspecified atom stereocenters. The zero-order valence-corrected chi connectivity index (χ0v) is 12.6.